The molecule has 0 aliphatic carbocycles. The van der Waals surface area contributed by atoms with Crippen molar-refractivity contribution in [2.24, 2.45) is 0 Å². The summed E-state index contributed by atoms with van der Waals surface area (Å²) in [5.41, 5.74) is 7.86. The summed E-state index contributed by atoms with van der Waals surface area (Å²) in [6.07, 6.45) is 8.09. The van der Waals surface area contributed by atoms with Crippen LogP contribution < -0.4 is 4.18 Å². The maximum Gasteiger partial charge on any atom is 0.299 e. The monoisotopic (exact) mass is 468 g/mol. The number of aromatic amines is 2. The van der Waals surface area contributed by atoms with Crippen LogP contribution in [0.3, 0.4) is 0 Å². The number of nitrogens with zero attached hydrogens (tertiary/aromatic N) is 2. The second kappa shape index (κ2) is 9.60. The van der Waals surface area contributed by atoms with Crippen LogP contribution in [0, 0.1) is 0 Å². The molecule has 0 atom stereocenters. The summed E-state index contributed by atoms with van der Waals surface area (Å²) in [6, 6.07) is 24.7. The average Bonchev–Trinajstić information content (AvgIpc) is 3.61. The van der Waals surface area contributed by atoms with Crippen molar-refractivity contribution in [1.29, 1.82) is 0 Å². The minimum atomic E-state index is -2.78. The van der Waals surface area contributed by atoms with E-state index in [1.54, 1.807) is 30.3 Å². The van der Waals surface area contributed by atoms with Crippen molar-refractivity contribution in [3.8, 4) is 5.75 Å². The number of H-pyrrole nitrogens is 2. The first-order valence-corrected chi connectivity index (χ1v) is 11.6. The normalized spacial score (nSPS) is 11.8. The Bertz CT molecular complexity index is 1450. The number of hydrogen-bond donors (Lipinski definition) is 3. The maximum absolute atomic E-state index is 9.98. The first-order chi connectivity index (χ1) is 16.6. The Morgan fingerprint density at radius 2 is 0.941 bits per heavy atom. The van der Waals surface area contributed by atoms with Crippen molar-refractivity contribution < 1.29 is 12.6 Å². The Balaban J connectivity index is 0.000000204. The molecule has 7 nitrogen and oxygen atoms in total. The first-order valence-electron chi connectivity index (χ1n) is 10.5. The van der Waals surface area contributed by atoms with Crippen LogP contribution in [0.2, 0.25) is 0 Å². The van der Waals surface area contributed by atoms with Gasteiger partial charge in [-0.3, -0.25) is 0 Å². The number of aromatic nitrogens is 4. The molecular weight excluding hydrogens is 448 g/mol. The van der Waals surface area contributed by atoms with Crippen LogP contribution in [0.4, 0.5) is 0 Å². The summed E-state index contributed by atoms with van der Waals surface area (Å²) >= 11 is 0. The SMILES string of the molecule is C1=Cc2cc3ccc(cc4nc(cc5ccc(cc1n2)[nH]5)C=C4)[nH]3.O=[SH](=O)Oc1ccccc1. The zero-order valence-corrected chi connectivity index (χ0v) is 18.8. The van der Waals surface area contributed by atoms with E-state index < -0.39 is 11.0 Å². The molecule has 6 rings (SSSR count). The van der Waals surface area contributed by atoms with Gasteiger partial charge in [0.05, 0.1) is 22.8 Å². The van der Waals surface area contributed by atoms with Gasteiger partial charge in [-0.15, -0.1) is 0 Å². The largest absolute Gasteiger partial charge is 0.384 e. The molecule has 5 heterocycles. The molecule has 2 aliphatic heterocycles. The summed E-state index contributed by atoms with van der Waals surface area (Å²) in [5, 5.41) is 0. The Morgan fingerprint density at radius 3 is 1.29 bits per heavy atom. The Morgan fingerprint density at radius 1 is 0.559 bits per heavy atom. The molecule has 34 heavy (non-hydrogen) atoms. The molecule has 8 heteroatoms. The fourth-order valence-electron chi connectivity index (χ4n) is 3.51. The van der Waals surface area contributed by atoms with E-state index in [9.17, 15) is 8.42 Å². The second-order valence-corrected chi connectivity index (χ2v) is 8.16. The fourth-order valence-corrected chi connectivity index (χ4v) is 3.80. The van der Waals surface area contributed by atoms with E-state index in [1.807, 2.05) is 48.6 Å². The van der Waals surface area contributed by atoms with Gasteiger partial charge in [0.25, 0.3) is 11.0 Å². The molecule has 0 radical (unpaired) electrons. The molecule has 168 valence electrons. The van der Waals surface area contributed by atoms with Crippen LogP contribution in [0.1, 0.15) is 22.8 Å². The van der Waals surface area contributed by atoms with E-state index in [0.29, 0.717) is 5.75 Å². The summed E-state index contributed by atoms with van der Waals surface area (Å²) in [6.45, 7) is 0. The van der Waals surface area contributed by atoms with Gasteiger partial charge in [-0.05, 0) is 85.0 Å². The summed E-state index contributed by atoms with van der Waals surface area (Å²) < 4.78 is 24.3. The lowest BCUT2D eigenvalue weighted by atomic mass is 10.3. The molecule has 1 aromatic carbocycles. The van der Waals surface area contributed by atoms with Crippen LogP contribution >= 0.6 is 0 Å². The standard InChI is InChI=1S/C20H14N4.C6H6O3S/c1-2-14-10-16-5-6-18(23-16)12-20-8-7-19(24-20)11-17-4-3-15(22-17)9-13(1)21-14;7-10(8)9-6-4-2-1-3-5-6/h1-12,21,24H;1-5,10H. The highest BCUT2D eigenvalue weighted by atomic mass is 32.2. The number of rotatable bonds is 2. The van der Waals surface area contributed by atoms with E-state index in [0.717, 1.165) is 44.8 Å². The van der Waals surface area contributed by atoms with Gasteiger partial charge in [-0.2, -0.15) is 8.42 Å². The quantitative estimate of drug-likeness (QED) is 0.302. The number of fused-ring (bicyclic) bond motifs is 8. The van der Waals surface area contributed by atoms with Crippen molar-refractivity contribution in [2.45, 2.75) is 0 Å². The van der Waals surface area contributed by atoms with Gasteiger partial charge in [0.2, 0.25) is 0 Å². The molecular formula is C26H20N4O3S. The summed E-state index contributed by atoms with van der Waals surface area (Å²) in [7, 11) is -2.78. The smallest absolute Gasteiger partial charge is 0.299 e. The number of nitrogens with one attached hydrogen (secondary N) is 2. The first kappa shape index (κ1) is 21.4. The van der Waals surface area contributed by atoms with E-state index >= 15 is 0 Å². The number of hydrogen-bond acceptors (Lipinski definition) is 5. The summed E-state index contributed by atoms with van der Waals surface area (Å²) in [5.74, 6) is 0.346. The summed E-state index contributed by atoms with van der Waals surface area (Å²) in [4.78, 5) is 16.0. The van der Waals surface area contributed by atoms with E-state index in [1.165, 1.54) is 0 Å². The van der Waals surface area contributed by atoms with Gasteiger partial charge in [0, 0.05) is 22.1 Å². The van der Waals surface area contributed by atoms with Crippen molar-refractivity contribution >= 4 is 57.4 Å². The highest BCUT2D eigenvalue weighted by molar-refractivity contribution is 7.67. The van der Waals surface area contributed by atoms with Crippen molar-refractivity contribution in [3.63, 3.8) is 0 Å². The molecule has 0 saturated carbocycles. The molecule has 0 fully saturated rings. The van der Waals surface area contributed by atoms with Gasteiger partial charge >= 0.3 is 0 Å². The van der Waals surface area contributed by atoms with Gasteiger partial charge in [0.15, 0.2) is 0 Å². The molecule has 0 unspecified atom stereocenters. The molecule has 2 aliphatic rings. The highest BCUT2D eigenvalue weighted by Gasteiger charge is 2.01. The van der Waals surface area contributed by atoms with E-state index in [-0.39, 0.29) is 0 Å². The molecule has 8 bridgehead atoms. The zero-order chi connectivity index (χ0) is 23.3. The average molecular weight is 469 g/mol. The van der Waals surface area contributed by atoms with Gasteiger partial charge in [-0.1, -0.05) is 18.2 Å². The van der Waals surface area contributed by atoms with Gasteiger partial charge in [-0.25, -0.2) is 9.97 Å². The lowest BCUT2D eigenvalue weighted by Gasteiger charge is -1.93. The van der Waals surface area contributed by atoms with Gasteiger partial charge < -0.3 is 14.2 Å². The molecule has 0 spiro atoms. The topological polar surface area (TPSA) is 101 Å². The lowest BCUT2D eigenvalue weighted by molar-refractivity contribution is 0.510. The molecule has 3 aromatic heterocycles. The molecule has 0 amide bonds. The molecule has 4 aromatic rings. The Labute approximate surface area is 197 Å². The number of benzene rings is 1. The third-order valence-corrected chi connectivity index (χ3v) is 5.32. The van der Waals surface area contributed by atoms with Crippen LogP contribution in [-0.4, -0.2) is 28.4 Å². The van der Waals surface area contributed by atoms with Gasteiger partial charge in [0.1, 0.15) is 5.75 Å². The van der Waals surface area contributed by atoms with Crippen molar-refractivity contribution in [1.82, 2.24) is 19.9 Å². The van der Waals surface area contributed by atoms with Crippen LogP contribution in [-0.2, 0) is 11.0 Å². The molecule has 2 N–H and O–H groups in total. The Hall–Kier alpha value is -4.43. The van der Waals surface area contributed by atoms with E-state index in [2.05, 4.69) is 48.4 Å². The van der Waals surface area contributed by atoms with Crippen LogP contribution in [0.5, 0.6) is 5.75 Å². The third-order valence-electron chi connectivity index (χ3n) is 4.97. The zero-order valence-electron chi connectivity index (χ0n) is 17.9. The second-order valence-electron chi connectivity index (χ2n) is 7.53. The van der Waals surface area contributed by atoms with Crippen molar-refractivity contribution in [2.75, 3.05) is 0 Å². The van der Waals surface area contributed by atoms with E-state index in [4.69, 9.17) is 0 Å². The maximum atomic E-state index is 9.98. The third kappa shape index (κ3) is 5.48. The van der Waals surface area contributed by atoms with Crippen LogP contribution in [0.15, 0.2) is 78.9 Å². The Kier molecular flexibility index (Phi) is 6.05. The van der Waals surface area contributed by atoms with Crippen molar-refractivity contribution in [3.05, 3.63) is 102 Å². The lowest BCUT2D eigenvalue weighted by Crippen LogP contribution is -1.88. The minimum Gasteiger partial charge on any atom is -0.384 e. The highest BCUT2D eigenvalue weighted by Crippen LogP contribution is 2.17. The fraction of sp³-hybridized carbons (Fsp3) is 0. The predicted molar refractivity (Wildman–Crippen MR) is 136 cm³/mol. The number of para-hydroxylation sites is 1. The number of thiol groups is 1. The van der Waals surface area contributed by atoms with Crippen LogP contribution in [0.25, 0.3) is 46.4 Å². The molecule has 0 saturated heterocycles. The predicted octanol–water partition coefficient (Wildman–Crippen LogP) is 5.25. The minimum absolute atomic E-state index is 0.346.